The topological polar surface area (TPSA) is 69.5 Å². The van der Waals surface area contributed by atoms with E-state index in [1.165, 1.54) is 12.3 Å². The number of rotatable bonds is 5. The van der Waals surface area contributed by atoms with Gasteiger partial charge in [0.1, 0.15) is 18.0 Å². The second-order valence-corrected chi connectivity index (χ2v) is 7.59. The molecule has 0 atom stereocenters. The van der Waals surface area contributed by atoms with E-state index in [0.717, 1.165) is 10.2 Å². The van der Waals surface area contributed by atoms with Gasteiger partial charge in [-0.3, -0.25) is 14.5 Å². The second kappa shape index (κ2) is 9.15. The van der Waals surface area contributed by atoms with Crippen LogP contribution in [0.15, 0.2) is 36.5 Å². The average molecular weight is 448 g/mol. The zero-order valence-electron chi connectivity index (χ0n) is 17.6. The van der Waals surface area contributed by atoms with Gasteiger partial charge in [0.05, 0.1) is 24.9 Å². The molecule has 1 aromatic carbocycles. The van der Waals surface area contributed by atoms with Crippen LogP contribution in [-0.4, -0.2) is 65.2 Å². The van der Waals surface area contributed by atoms with Gasteiger partial charge in [0.15, 0.2) is 0 Å². The number of aromatic nitrogens is 3. The number of amides is 1. The Morgan fingerprint density at radius 3 is 2.69 bits per heavy atom. The van der Waals surface area contributed by atoms with Gasteiger partial charge in [0.2, 0.25) is 0 Å². The molecule has 1 fully saturated rings. The summed E-state index contributed by atoms with van der Waals surface area (Å²) in [4.78, 5) is 18.8. The first-order chi connectivity index (χ1) is 15.3. The summed E-state index contributed by atoms with van der Waals surface area (Å²) >= 11 is 0. The van der Waals surface area contributed by atoms with Crippen molar-refractivity contribution in [2.75, 3.05) is 33.4 Å². The molecule has 1 aliphatic rings. The third-order valence-electron chi connectivity index (χ3n) is 5.30. The molecular formula is C22H23F3N4O3. The molecule has 0 radical (unpaired) electrons. The van der Waals surface area contributed by atoms with Gasteiger partial charge in [-0.25, -0.2) is 0 Å². The van der Waals surface area contributed by atoms with Crippen LogP contribution in [0.25, 0.3) is 10.9 Å². The van der Waals surface area contributed by atoms with Gasteiger partial charge in [-0.2, -0.15) is 18.3 Å². The molecule has 10 heteroatoms. The molecular weight excluding hydrogens is 425 g/mol. The molecule has 0 N–H and O–H groups in total. The second-order valence-electron chi connectivity index (χ2n) is 7.59. The average Bonchev–Trinajstić information content (AvgIpc) is 2.94. The van der Waals surface area contributed by atoms with Crippen LogP contribution in [-0.2, 0) is 17.7 Å². The first-order valence-electron chi connectivity index (χ1n) is 10.3. The number of ether oxygens (including phenoxy) is 2. The van der Waals surface area contributed by atoms with Crippen LogP contribution >= 0.6 is 0 Å². The molecule has 0 saturated carbocycles. The van der Waals surface area contributed by atoms with Crippen molar-refractivity contribution < 1.29 is 27.4 Å². The normalized spacial score (nSPS) is 15.1. The molecule has 0 bridgehead atoms. The molecule has 7 nitrogen and oxygen atoms in total. The maximum Gasteiger partial charge on any atom is 0.408 e. The van der Waals surface area contributed by atoms with Crippen molar-refractivity contribution in [2.45, 2.75) is 25.6 Å². The third-order valence-corrected chi connectivity index (χ3v) is 5.30. The predicted molar refractivity (Wildman–Crippen MR) is 111 cm³/mol. The van der Waals surface area contributed by atoms with E-state index in [-0.39, 0.29) is 17.1 Å². The van der Waals surface area contributed by atoms with E-state index in [9.17, 15) is 18.0 Å². The zero-order valence-corrected chi connectivity index (χ0v) is 17.6. The van der Waals surface area contributed by atoms with Gasteiger partial charge in [-0.1, -0.05) is 12.1 Å². The lowest BCUT2D eigenvalue weighted by Crippen LogP contribution is -2.33. The quantitative estimate of drug-likeness (QED) is 0.598. The molecule has 32 heavy (non-hydrogen) atoms. The molecule has 1 saturated heterocycles. The highest BCUT2D eigenvalue weighted by molar-refractivity contribution is 5.96. The summed E-state index contributed by atoms with van der Waals surface area (Å²) < 4.78 is 51.0. The summed E-state index contributed by atoms with van der Waals surface area (Å²) in [6.45, 7) is 0.683. The Balaban J connectivity index is 1.69. The maximum atomic E-state index is 13.2. The van der Waals surface area contributed by atoms with E-state index >= 15 is 0 Å². The molecule has 1 amide bonds. The standard InChI is InChI=1S/C22H23F3N4O3/c1-31-16-5-3-15(4-6-16)11-18-17-13-26-19(21(30)28-7-2-9-32-10-8-28)12-20(17)29(27-18)14-22(23,24)25/h3-6,12-13H,2,7-11,14H2,1H3. The summed E-state index contributed by atoms with van der Waals surface area (Å²) in [6.07, 6.45) is -1.99. The number of fused-ring (bicyclic) bond motifs is 1. The fourth-order valence-corrected chi connectivity index (χ4v) is 3.72. The number of hydrogen-bond acceptors (Lipinski definition) is 5. The molecule has 0 unspecified atom stereocenters. The highest BCUT2D eigenvalue weighted by atomic mass is 19.4. The number of benzene rings is 1. The Labute approximate surface area is 182 Å². The minimum absolute atomic E-state index is 0.0960. The van der Waals surface area contributed by atoms with Crippen molar-refractivity contribution in [1.82, 2.24) is 19.7 Å². The fourth-order valence-electron chi connectivity index (χ4n) is 3.72. The van der Waals surface area contributed by atoms with Gasteiger partial charge < -0.3 is 14.4 Å². The van der Waals surface area contributed by atoms with Crippen LogP contribution in [0.5, 0.6) is 5.75 Å². The Hall–Kier alpha value is -3.14. The Kier molecular flexibility index (Phi) is 6.31. The van der Waals surface area contributed by atoms with Crippen LogP contribution in [0.2, 0.25) is 0 Å². The van der Waals surface area contributed by atoms with Crippen molar-refractivity contribution >= 4 is 16.8 Å². The van der Waals surface area contributed by atoms with Crippen molar-refractivity contribution in [1.29, 1.82) is 0 Å². The van der Waals surface area contributed by atoms with Crippen LogP contribution in [0.4, 0.5) is 13.2 Å². The monoisotopic (exact) mass is 448 g/mol. The van der Waals surface area contributed by atoms with Gasteiger partial charge in [0, 0.05) is 37.7 Å². The largest absolute Gasteiger partial charge is 0.497 e. The summed E-state index contributed by atoms with van der Waals surface area (Å²) in [5, 5.41) is 4.71. The van der Waals surface area contributed by atoms with Crippen molar-refractivity contribution in [3.05, 3.63) is 53.5 Å². The number of methoxy groups -OCH3 is 1. The van der Waals surface area contributed by atoms with Crippen molar-refractivity contribution in [3.63, 3.8) is 0 Å². The number of carbonyl (C=O) groups excluding carboxylic acids is 1. The van der Waals surface area contributed by atoms with Crippen LogP contribution in [0, 0.1) is 0 Å². The highest BCUT2D eigenvalue weighted by Gasteiger charge is 2.30. The summed E-state index contributed by atoms with van der Waals surface area (Å²) in [5.41, 5.74) is 1.66. The Bertz CT molecular complexity index is 1090. The van der Waals surface area contributed by atoms with E-state index in [2.05, 4.69) is 10.1 Å². The van der Waals surface area contributed by atoms with Crippen LogP contribution in [0.1, 0.15) is 28.2 Å². The molecule has 0 spiro atoms. The first kappa shape index (κ1) is 22.1. The fraction of sp³-hybridized carbons (Fsp3) is 0.409. The number of pyridine rings is 1. The van der Waals surface area contributed by atoms with E-state index < -0.39 is 12.7 Å². The molecule has 0 aliphatic carbocycles. The van der Waals surface area contributed by atoms with E-state index in [1.54, 1.807) is 24.1 Å². The lowest BCUT2D eigenvalue weighted by Gasteiger charge is -2.19. The molecule has 1 aliphatic heterocycles. The summed E-state index contributed by atoms with van der Waals surface area (Å²) in [6, 6.07) is 8.63. The van der Waals surface area contributed by atoms with Gasteiger partial charge in [-0.05, 0) is 30.2 Å². The lowest BCUT2D eigenvalue weighted by molar-refractivity contribution is -0.141. The first-order valence-corrected chi connectivity index (χ1v) is 10.3. The smallest absolute Gasteiger partial charge is 0.408 e. The Morgan fingerprint density at radius 1 is 1.19 bits per heavy atom. The zero-order chi connectivity index (χ0) is 22.7. The number of nitrogens with zero attached hydrogens (tertiary/aromatic N) is 4. The van der Waals surface area contributed by atoms with E-state index in [0.29, 0.717) is 56.0 Å². The van der Waals surface area contributed by atoms with E-state index in [1.807, 2.05) is 12.1 Å². The van der Waals surface area contributed by atoms with Gasteiger partial charge in [-0.15, -0.1) is 0 Å². The molecule has 3 heterocycles. The van der Waals surface area contributed by atoms with Crippen molar-refractivity contribution in [3.8, 4) is 5.75 Å². The minimum atomic E-state index is -4.45. The van der Waals surface area contributed by atoms with Crippen LogP contribution < -0.4 is 4.74 Å². The molecule has 2 aromatic heterocycles. The summed E-state index contributed by atoms with van der Waals surface area (Å²) in [5.74, 6) is 0.360. The highest BCUT2D eigenvalue weighted by Crippen LogP contribution is 2.26. The van der Waals surface area contributed by atoms with Gasteiger partial charge >= 0.3 is 6.18 Å². The number of alkyl halides is 3. The van der Waals surface area contributed by atoms with Crippen molar-refractivity contribution in [2.24, 2.45) is 0 Å². The van der Waals surface area contributed by atoms with E-state index in [4.69, 9.17) is 9.47 Å². The maximum absolute atomic E-state index is 13.2. The SMILES string of the molecule is COc1ccc(Cc2nn(CC(F)(F)F)c3cc(C(=O)N4CCCOCC4)ncc23)cc1. The number of carbonyl (C=O) groups is 1. The molecule has 4 rings (SSSR count). The third kappa shape index (κ3) is 5.01. The van der Waals surface area contributed by atoms with Crippen LogP contribution in [0.3, 0.4) is 0 Å². The minimum Gasteiger partial charge on any atom is -0.497 e. The lowest BCUT2D eigenvalue weighted by atomic mass is 10.1. The van der Waals surface area contributed by atoms with Gasteiger partial charge in [0.25, 0.3) is 5.91 Å². The summed E-state index contributed by atoms with van der Waals surface area (Å²) in [7, 11) is 1.56. The molecule has 3 aromatic rings. The number of hydrogen-bond donors (Lipinski definition) is 0. The predicted octanol–water partition coefficient (Wildman–Crippen LogP) is 3.46. The number of halogens is 3. The Morgan fingerprint density at radius 2 is 1.97 bits per heavy atom. The molecule has 170 valence electrons.